The summed E-state index contributed by atoms with van der Waals surface area (Å²) in [6.45, 7) is 4.08. The summed E-state index contributed by atoms with van der Waals surface area (Å²) in [4.78, 5) is 17.7. The first-order chi connectivity index (χ1) is 16.5. The zero-order chi connectivity index (χ0) is 23.7. The molecular formula is C30H27N3O. The molecule has 0 atom stereocenters. The van der Waals surface area contributed by atoms with Crippen LogP contribution in [0.4, 0.5) is 17.1 Å². The van der Waals surface area contributed by atoms with Crippen LogP contribution in [0.2, 0.25) is 0 Å². The van der Waals surface area contributed by atoms with Crippen LogP contribution >= 0.6 is 0 Å². The van der Waals surface area contributed by atoms with Gasteiger partial charge >= 0.3 is 0 Å². The van der Waals surface area contributed by atoms with Gasteiger partial charge in [0.2, 0.25) is 0 Å². The van der Waals surface area contributed by atoms with Crippen molar-refractivity contribution in [3.05, 3.63) is 112 Å². The number of anilines is 3. The van der Waals surface area contributed by atoms with E-state index in [4.69, 9.17) is 10.7 Å². The Morgan fingerprint density at radius 3 is 2.65 bits per heavy atom. The fourth-order valence-corrected chi connectivity index (χ4v) is 4.35. The molecule has 1 aliphatic rings. The molecule has 5 rings (SSSR count). The van der Waals surface area contributed by atoms with Gasteiger partial charge in [0.05, 0.1) is 11.4 Å². The van der Waals surface area contributed by atoms with Crippen molar-refractivity contribution in [2.45, 2.75) is 26.7 Å². The highest BCUT2D eigenvalue weighted by molar-refractivity contribution is 5.97. The Kier molecular flexibility index (Phi) is 5.72. The maximum atomic E-state index is 12.9. The fourth-order valence-electron chi connectivity index (χ4n) is 4.35. The molecule has 0 aliphatic heterocycles. The molecule has 1 aliphatic carbocycles. The number of nitrogens with zero attached hydrogens (tertiary/aromatic N) is 1. The summed E-state index contributed by atoms with van der Waals surface area (Å²) in [7, 11) is 0. The van der Waals surface area contributed by atoms with Gasteiger partial charge in [0.1, 0.15) is 0 Å². The summed E-state index contributed by atoms with van der Waals surface area (Å²) in [5.74, 6) is 0.121. The molecule has 0 fully saturated rings. The number of hydrogen-bond donors (Lipinski definition) is 2. The SMILES string of the molecule is Cc1cccc(C(=O)Cc2ccc(C)c(Nc3cc(-c4cccc(N)c4)nc4c3C=CC4)c2)c1. The van der Waals surface area contributed by atoms with Gasteiger partial charge in [-0.05, 0) is 55.3 Å². The predicted molar refractivity (Wildman–Crippen MR) is 140 cm³/mol. The van der Waals surface area contributed by atoms with Crippen molar-refractivity contribution in [1.29, 1.82) is 0 Å². The van der Waals surface area contributed by atoms with Gasteiger partial charge in [-0.15, -0.1) is 0 Å². The third-order valence-electron chi connectivity index (χ3n) is 6.19. The fraction of sp³-hybridized carbons (Fsp3) is 0.133. The predicted octanol–water partition coefficient (Wildman–Crippen LogP) is 6.69. The minimum atomic E-state index is 0.121. The Morgan fingerprint density at radius 1 is 0.971 bits per heavy atom. The van der Waals surface area contributed by atoms with Crippen molar-refractivity contribution in [1.82, 2.24) is 4.98 Å². The standard InChI is InChI=1S/C30H27N3O/c1-19-6-3-8-23(14-19)30(34)16-21-13-12-20(2)27(15-21)33-29-18-28(22-7-4-9-24(31)17-22)32-26-11-5-10-25(26)29/h3-10,12-15,17-18H,11,16,31H2,1-2H3,(H,32,33). The first kappa shape index (κ1) is 21.7. The third kappa shape index (κ3) is 4.48. The Bertz CT molecular complexity index is 1440. The zero-order valence-electron chi connectivity index (χ0n) is 19.4. The molecule has 0 unspecified atom stereocenters. The van der Waals surface area contributed by atoms with E-state index in [2.05, 4.69) is 42.6 Å². The molecule has 4 aromatic rings. The van der Waals surface area contributed by atoms with Crippen LogP contribution in [0.5, 0.6) is 0 Å². The first-order valence-electron chi connectivity index (χ1n) is 11.5. The lowest BCUT2D eigenvalue weighted by Gasteiger charge is -2.16. The Morgan fingerprint density at radius 2 is 1.82 bits per heavy atom. The number of carbonyl (C=O) groups excluding carboxylic acids is 1. The number of benzene rings is 3. The number of pyridine rings is 1. The lowest BCUT2D eigenvalue weighted by atomic mass is 10.00. The zero-order valence-corrected chi connectivity index (χ0v) is 19.4. The molecule has 1 aromatic heterocycles. The summed E-state index contributed by atoms with van der Waals surface area (Å²) >= 11 is 0. The molecule has 0 spiro atoms. The maximum absolute atomic E-state index is 12.9. The molecular weight excluding hydrogens is 418 g/mol. The molecule has 4 nitrogen and oxygen atoms in total. The maximum Gasteiger partial charge on any atom is 0.167 e. The first-order valence-corrected chi connectivity index (χ1v) is 11.5. The summed E-state index contributed by atoms with van der Waals surface area (Å²) in [6, 6.07) is 23.8. The normalized spacial score (nSPS) is 11.9. The number of nitrogen functional groups attached to an aromatic ring is 1. The van der Waals surface area contributed by atoms with Gasteiger partial charge in [0.25, 0.3) is 0 Å². The van der Waals surface area contributed by atoms with Gasteiger partial charge in [-0.2, -0.15) is 0 Å². The highest BCUT2D eigenvalue weighted by Gasteiger charge is 2.16. The number of nitrogens with two attached hydrogens (primary N) is 1. The topological polar surface area (TPSA) is 68.0 Å². The Hall–Kier alpha value is -4.18. The molecule has 3 N–H and O–H groups in total. The van der Waals surface area contributed by atoms with Crippen molar-refractivity contribution < 1.29 is 4.79 Å². The number of Topliss-reactive ketones (excluding diaryl/α,β-unsaturated/α-hetero) is 1. The van der Waals surface area contributed by atoms with Crippen LogP contribution in [0.25, 0.3) is 17.3 Å². The Labute approximate surface area is 200 Å². The second kappa shape index (κ2) is 8.99. The van der Waals surface area contributed by atoms with E-state index in [0.29, 0.717) is 12.1 Å². The highest BCUT2D eigenvalue weighted by Crippen LogP contribution is 2.34. The van der Waals surface area contributed by atoms with Crippen LogP contribution in [-0.2, 0) is 12.8 Å². The number of hydrogen-bond acceptors (Lipinski definition) is 4. The average Bonchev–Trinajstić information content (AvgIpc) is 3.30. The number of ketones is 1. The smallest absolute Gasteiger partial charge is 0.167 e. The number of allylic oxidation sites excluding steroid dienone is 1. The molecule has 0 amide bonds. The second-order valence-electron chi connectivity index (χ2n) is 8.89. The van der Waals surface area contributed by atoms with Crippen LogP contribution in [0.3, 0.4) is 0 Å². The highest BCUT2D eigenvalue weighted by atomic mass is 16.1. The van der Waals surface area contributed by atoms with E-state index in [-0.39, 0.29) is 5.78 Å². The van der Waals surface area contributed by atoms with Gasteiger partial charge < -0.3 is 11.1 Å². The summed E-state index contributed by atoms with van der Waals surface area (Å²) in [5, 5.41) is 3.63. The van der Waals surface area contributed by atoms with Crippen molar-refractivity contribution in [2.75, 3.05) is 11.1 Å². The molecule has 0 bridgehead atoms. The van der Waals surface area contributed by atoms with E-state index in [1.807, 2.05) is 61.5 Å². The molecule has 168 valence electrons. The molecule has 1 heterocycles. The third-order valence-corrected chi connectivity index (χ3v) is 6.19. The molecule has 4 heteroatoms. The van der Waals surface area contributed by atoms with E-state index < -0.39 is 0 Å². The van der Waals surface area contributed by atoms with Crippen LogP contribution < -0.4 is 11.1 Å². The summed E-state index contributed by atoms with van der Waals surface area (Å²) in [6.07, 6.45) is 5.43. The largest absolute Gasteiger partial charge is 0.399 e. The van der Waals surface area contributed by atoms with E-state index in [9.17, 15) is 4.79 Å². The number of aryl methyl sites for hydroxylation is 2. The summed E-state index contributed by atoms with van der Waals surface area (Å²) in [5.41, 5.74) is 16.7. The Balaban J connectivity index is 1.46. The molecule has 0 saturated carbocycles. The molecule has 0 radical (unpaired) electrons. The van der Waals surface area contributed by atoms with Crippen molar-refractivity contribution in [3.8, 4) is 11.3 Å². The van der Waals surface area contributed by atoms with Crippen molar-refractivity contribution in [3.63, 3.8) is 0 Å². The average molecular weight is 446 g/mol. The van der Waals surface area contributed by atoms with Crippen molar-refractivity contribution in [2.24, 2.45) is 0 Å². The lowest BCUT2D eigenvalue weighted by molar-refractivity contribution is 0.0993. The van der Waals surface area contributed by atoms with Gasteiger partial charge in [0.15, 0.2) is 5.78 Å². The molecule has 34 heavy (non-hydrogen) atoms. The number of carbonyl (C=O) groups is 1. The monoisotopic (exact) mass is 445 g/mol. The van der Waals surface area contributed by atoms with Gasteiger partial charge in [0, 0.05) is 46.6 Å². The van der Waals surface area contributed by atoms with E-state index >= 15 is 0 Å². The number of rotatable bonds is 6. The summed E-state index contributed by atoms with van der Waals surface area (Å²) < 4.78 is 0. The van der Waals surface area contributed by atoms with Crippen LogP contribution in [-0.4, -0.2) is 10.8 Å². The van der Waals surface area contributed by atoms with Crippen molar-refractivity contribution >= 4 is 28.9 Å². The van der Waals surface area contributed by atoms with E-state index in [1.54, 1.807) is 0 Å². The van der Waals surface area contributed by atoms with Gasteiger partial charge in [-0.3, -0.25) is 9.78 Å². The number of aromatic nitrogens is 1. The number of fused-ring (bicyclic) bond motifs is 1. The number of nitrogens with one attached hydrogen (secondary N) is 1. The van der Waals surface area contributed by atoms with Gasteiger partial charge in [-0.1, -0.05) is 60.2 Å². The van der Waals surface area contributed by atoms with Crippen LogP contribution in [0.1, 0.15) is 38.3 Å². The van der Waals surface area contributed by atoms with Crippen LogP contribution in [0.15, 0.2) is 78.9 Å². The molecule has 0 saturated heterocycles. The minimum absolute atomic E-state index is 0.121. The molecule has 3 aromatic carbocycles. The van der Waals surface area contributed by atoms with Gasteiger partial charge in [-0.25, -0.2) is 0 Å². The van der Waals surface area contributed by atoms with Crippen LogP contribution in [0, 0.1) is 13.8 Å². The second-order valence-corrected chi connectivity index (χ2v) is 8.89. The van der Waals surface area contributed by atoms with E-state index in [0.717, 1.165) is 62.6 Å². The minimum Gasteiger partial charge on any atom is -0.399 e. The van der Waals surface area contributed by atoms with E-state index in [1.165, 1.54) is 0 Å². The quantitative estimate of drug-likeness (QED) is 0.256. The lowest BCUT2D eigenvalue weighted by Crippen LogP contribution is -2.05.